The van der Waals surface area contributed by atoms with Crippen molar-refractivity contribution in [3.8, 4) is 0 Å². The first-order chi connectivity index (χ1) is 9.28. The summed E-state index contributed by atoms with van der Waals surface area (Å²) >= 11 is 0. The summed E-state index contributed by atoms with van der Waals surface area (Å²) in [6.07, 6.45) is 0.900. The summed E-state index contributed by atoms with van der Waals surface area (Å²) in [7, 11) is 1.69. The first-order valence-corrected chi connectivity index (χ1v) is 6.57. The molecule has 2 aromatic carbocycles. The van der Waals surface area contributed by atoms with Gasteiger partial charge in [-0.05, 0) is 23.3 Å². The smallest absolute Gasteiger partial charge is 0.179 e. The van der Waals surface area contributed by atoms with E-state index in [1.54, 1.807) is 7.11 Å². The van der Waals surface area contributed by atoms with Crippen LogP contribution < -0.4 is 5.32 Å². The van der Waals surface area contributed by atoms with Crippen molar-refractivity contribution in [2.75, 3.05) is 13.7 Å². The Labute approximate surface area is 112 Å². The molecule has 3 heteroatoms. The molecular weight excluding hydrogens is 238 g/mol. The molecule has 98 valence electrons. The van der Waals surface area contributed by atoms with Gasteiger partial charge in [0.2, 0.25) is 0 Å². The van der Waals surface area contributed by atoms with E-state index in [0.29, 0.717) is 0 Å². The quantitative estimate of drug-likeness (QED) is 0.856. The summed E-state index contributed by atoms with van der Waals surface area (Å²) in [5.41, 5.74) is 0.771. The second kappa shape index (κ2) is 5.11. The summed E-state index contributed by atoms with van der Waals surface area (Å²) in [5.74, 6) is 0.158. The molecule has 2 unspecified atom stereocenters. The van der Waals surface area contributed by atoms with Crippen molar-refractivity contribution in [2.45, 2.75) is 18.6 Å². The van der Waals surface area contributed by atoms with Crippen LogP contribution in [0.2, 0.25) is 0 Å². The molecule has 0 saturated carbocycles. The van der Waals surface area contributed by atoms with E-state index >= 15 is 0 Å². The van der Waals surface area contributed by atoms with E-state index in [1.807, 2.05) is 36.4 Å². The number of fused-ring (bicyclic) bond motifs is 1. The van der Waals surface area contributed by atoms with Crippen LogP contribution in [0.25, 0.3) is 10.8 Å². The SMILES string of the molecule is COC1CNC(C(=O)c2ccc3ccccc3c2)C1. The fraction of sp³-hybridized carbons (Fsp3) is 0.312. The molecule has 3 rings (SSSR count). The van der Waals surface area contributed by atoms with Gasteiger partial charge >= 0.3 is 0 Å². The number of ether oxygens (including phenoxy) is 1. The van der Waals surface area contributed by atoms with E-state index in [4.69, 9.17) is 4.74 Å². The molecule has 2 atom stereocenters. The van der Waals surface area contributed by atoms with Crippen LogP contribution in [0.3, 0.4) is 0 Å². The molecule has 1 fully saturated rings. The van der Waals surface area contributed by atoms with Crippen LogP contribution in [0.5, 0.6) is 0 Å². The van der Waals surface area contributed by atoms with Gasteiger partial charge in [0.25, 0.3) is 0 Å². The van der Waals surface area contributed by atoms with Gasteiger partial charge in [-0.1, -0.05) is 36.4 Å². The van der Waals surface area contributed by atoms with Gasteiger partial charge in [0.15, 0.2) is 5.78 Å². The van der Waals surface area contributed by atoms with E-state index in [1.165, 1.54) is 0 Å². The molecule has 0 spiro atoms. The zero-order chi connectivity index (χ0) is 13.2. The van der Waals surface area contributed by atoms with Crippen molar-refractivity contribution in [3.63, 3.8) is 0 Å². The average Bonchev–Trinajstić information content (AvgIpc) is 2.95. The molecule has 1 saturated heterocycles. The van der Waals surface area contributed by atoms with Gasteiger partial charge in [0.05, 0.1) is 12.1 Å². The minimum absolute atomic E-state index is 0.119. The van der Waals surface area contributed by atoms with E-state index in [-0.39, 0.29) is 17.9 Å². The van der Waals surface area contributed by atoms with Crippen molar-refractivity contribution in [1.82, 2.24) is 5.32 Å². The highest BCUT2D eigenvalue weighted by Crippen LogP contribution is 2.19. The van der Waals surface area contributed by atoms with E-state index in [9.17, 15) is 4.79 Å². The van der Waals surface area contributed by atoms with Gasteiger partial charge in [-0.3, -0.25) is 4.79 Å². The summed E-state index contributed by atoms with van der Waals surface area (Å²) in [5, 5.41) is 5.50. The second-order valence-electron chi connectivity index (χ2n) is 4.98. The number of Topliss-reactive ketones (excluding diaryl/α,β-unsaturated/α-hetero) is 1. The number of carbonyl (C=O) groups excluding carboxylic acids is 1. The molecule has 2 aromatic rings. The van der Waals surface area contributed by atoms with Crippen molar-refractivity contribution in [3.05, 3.63) is 48.0 Å². The lowest BCUT2D eigenvalue weighted by atomic mass is 9.99. The van der Waals surface area contributed by atoms with Gasteiger partial charge in [0, 0.05) is 19.2 Å². The van der Waals surface area contributed by atoms with Crippen LogP contribution in [0.15, 0.2) is 42.5 Å². The Kier molecular flexibility index (Phi) is 3.32. The zero-order valence-corrected chi connectivity index (χ0v) is 10.9. The summed E-state index contributed by atoms with van der Waals surface area (Å²) < 4.78 is 5.28. The van der Waals surface area contributed by atoms with Gasteiger partial charge in [0.1, 0.15) is 0 Å². The highest BCUT2D eigenvalue weighted by Gasteiger charge is 2.29. The summed E-state index contributed by atoms with van der Waals surface area (Å²) in [4.78, 5) is 12.4. The van der Waals surface area contributed by atoms with Crippen LogP contribution in [0.1, 0.15) is 16.8 Å². The maximum absolute atomic E-state index is 12.4. The number of hydrogen-bond donors (Lipinski definition) is 1. The van der Waals surface area contributed by atoms with Gasteiger partial charge < -0.3 is 10.1 Å². The van der Waals surface area contributed by atoms with Crippen molar-refractivity contribution in [2.24, 2.45) is 0 Å². The lowest BCUT2D eigenvalue weighted by Gasteiger charge is -2.10. The third kappa shape index (κ3) is 2.39. The maximum Gasteiger partial charge on any atom is 0.179 e. The predicted octanol–water partition coefficient (Wildman–Crippen LogP) is 2.40. The number of ketones is 1. The molecule has 1 aliphatic rings. The largest absolute Gasteiger partial charge is 0.380 e. The van der Waals surface area contributed by atoms with Crippen LogP contribution in [0.4, 0.5) is 0 Å². The molecule has 0 amide bonds. The number of carbonyl (C=O) groups is 1. The Morgan fingerprint density at radius 1 is 1.21 bits per heavy atom. The second-order valence-corrected chi connectivity index (χ2v) is 4.98. The van der Waals surface area contributed by atoms with E-state index < -0.39 is 0 Å². The standard InChI is InChI=1S/C16H17NO2/c1-19-14-9-15(17-10-14)16(18)13-7-6-11-4-2-3-5-12(11)8-13/h2-8,14-15,17H,9-10H2,1H3. The van der Waals surface area contributed by atoms with Crippen LogP contribution in [-0.2, 0) is 4.74 Å². The van der Waals surface area contributed by atoms with Gasteiger partial charge in [-0.25, -0.2) is 0 Å². The minimum Gasteiger partial charge on any atom is -0.380 e. The van der Waals surface area contributed by atoms with Crippen LogP contribution in [-0.4, -0.2) is 31.6 Å². The predicted molar refractivity (Wildman–Crippen MR) is 75.5 cm³/mol. The van der Waals surface area contributed by atoms with Crippen molar-refractivity contribution < 1.29 is 9.53 Å². The molecule has 0 aromatic heterocycles. The van der Waals surface area contributed by atoms with Crippen LogP contribution in [0, 0.1) is 0 Å². The number of hydrogen-bond acceptors (Lipinski definition) is 3. The number of methoxy groups -OCH3 is 1. The Bertz CT molecular complexity index is 608. The van der Waals surface area contributed by atoms with Crippen LogP contribution >= 0.6 is 0 Å². The van der Waals surface area contributed by atoms with Crippen molar-refractivity contribution in [1.29, 1.82) is 0 Å². The highest BCUT2D eigenvalue weighted by atomic mass is 16.5. The Morgan fingerprint density at radius 2 is 2.00 bits per heavy atom. The number of nitrogens with one attached hydrogen (secondary N) is 1. The summed E-state index contributed by atoms with van der Waals surface area (Å²) in [6.45, 7) is 0.750. The molecule has 1 aliphatic heterocycles. The zero-order valence-electron chi connectivity index (χ0n) is 10.9. The average molecular weight is 255 g/mol. The highest BCUT2D eigenvalue weighted by molar-refractivity contribution is 6.03. The molecule has 1 N–H and O–H groups in total. The topological polar surface area (TPSA) is 38.3 Å². The fourth-order valence-corrected chi connectivity index (χ4v) is 2.63. The van der Waals surface area contributed by atoms with E-state index in [2.05, 4.69) is 11.4 Å². The van der Waals surface area contributed by atoms with E-state index in [0.717, 1.165) is 29.3 Å². The molecule has 0 radical (unpaired) electrons. The van der Waals surface area contributed by atoms with Crippen molar-refractivity contribution >= 4 is 16.6 Å². The first-order valence-electron chi connectivity index (χ1n) is 6.57. The third-order valence-corrected chi connectivity index (χ3v) is 3.77. The molecule has 0 bridgehead atoms. The fourth-order valence-electron chi connectivity index (χ4n) is 2.63. The molecular formula is C16H17NO2. The normalized spacial score (nSPS) is 22.8. The molecule has 19 heavy (non-hydrogen) atoms. The van der Waals surface area contributed by atoms with Gasteiger partial charge in [-0.15, -0.1) is 0 Å². The lowest BCUT2D eigenvalue weighted by molar-refractivity contribution is 0.0919. The lowest BCUT2D eigenvalue weighted by Crippen LogP contribution is -2.30. The Balaban J connectivity index is 1.85. The Hall–Kier alpha value is -1.71. The van der Waals surface area contributed by atoms with Gasteiger partial charge in [-0.2, -0.15) is 0 Å². The Morgan fingerprint density at radius 3 is 2.74 bits per heavy atom. The molecule has 1 heterocycles. The first kappa shape index (κ1) is 12.3. The molecule has 3 nitrogen and oxygen atoms in total. The maximum atomic E-state index is 12.4. The molecule has 0 aliphatic carbocycles. The number of rotatable bonds is 3. The monoisotopic (exact) mass is 255 g/mol. The minimum atomic E-state index is -0.119. The third-order valence-electron chi connectivity index (χ3n) is 3.77. The number of benzene rings is 2. The summed E-state index contributed by atoms with van der Waals surface area (Å²) in [6, 6.07) is 13.9.